The lowest BCUT2D eigenvalue weighted by Crippen LogP contribution is -2.60. The monoisotopic (exact) mass is 441 g/mol. The number of hydroxylamine groups is 1. The van der Waals surface area contributed by atoms with Crippen LogP contribution in [0, 0.1) is 0 Å². The van der Waals surface area contributed by atoms with Crippen molar-refractivity contribution >= 4 is 33.1 Å². The number of nitrogens with zero attached hydrogens (tertiary/aromatic N) is 1. The minimum absolute atomic E-state index is 0.0473. The number of aliphatic hydroxyl groups excluding tert-OH is 4. The third-order valence-corrected chi connectivity index (χ3v) is 6.13. The largest absolute Gasteiger partial charge is 0.454 e. The Hall–Kier alpha value is -2.99. The first kappa shape index (κ1) is 19.7. The Bertz CT molecular complexity index is 1260. The number of benzene rings is 3. The summed E-state index contributed by atoms with van der Waals surface area (Å²) in [5.74, 6) is 0.456. The third kappa shape index (κ3) is 2.59. The van der Waals surface area contributed by atoms with Crippen LogP contribution in [0.15, 0.2) is 36.4 Å². The average Bonchev–Trinajstić information content (AvgIpc) is 3.38. The molecule has 1 fully saturated rings. The fourth-order valence-electron chi connectivity index (χ4n) is 4.55. The zero-order chi connectivity index (χ0) is 22.1. The van der Waals surface area contributed by atoms with Crippen LogP contribution in [0.3, 0.4) is 0 Å². The molecule has 0 bridgehead atoms. The molecule has 0 aromatic heterocycles. The molecule has 3 aromatic rings. The number of hydrogen-bond donors (Lipinski definition) is 4. The molecule has 0 saturated carbocycles. The molecule has 166 valence electrons. The van der Waals surface area contributed by atoms with Crippen LogP contribution in [0.25, 0.3) is 21.5 Å². The molecule has 3 heterocycles. The summed E-state index contributed by atoms with van der Waals surface area (Å²) < 4.78 is 16.7. The van der Waals surface area contributed by atoms with Crippen molar-refractivity contribution in [1.82, 2.24) is 0 Å². The molecule has 6 rings (SSSR count). The first-order chi connectivity index (χ1) is 15.5. The van der Waals surface area contributed by atoms with Gasteiger partial charge in [-0.25, -0.2) is 4.84 Å². The smallest absolute Gasteiger partial charge is 0.283 e. The zero-order valence-electron chi connectivity index (χ0n) is 16.5. The lowest BCUT2D eigenvalue weighted by atomic mass is 9.97. The van der Waals surface area contributed by atoms with Crippen molar-refractivity contribution in [3.63, 3.8) is 0 Å². The Labute approximate surface area is 180 Å². The Morgan fingerprint density at radius 3 is 2.66 bits per heavy atom. The number of rotatable bonds is 3. The van der Waals surface area contributed by atoms with E-state index in [9.17, 15) is 25.2 Å². The van der Waals surface area contributed by atoms with Crippen LogP contribution < -0.4 is 14.5 Å². The molecule has 1 saturated heterocycles. The number of anilines is 1. The lowest BCUT2D eigenvalue weighted by Gasteiger charge is -2.40. The second kappa shape index (κ2) is 7.01. The molecule has 3 aliphatic rings. The summed E-state index contributed by atoms with van der Waals surface area (Å²) in [7, 11) is 0. The lowest BCUT2D eigenvalue weighted by molar-refractivity contribution is -0.301. The van der Waals surface area contributed by atoms with E-state index in [1.807, 2.05) is 24.3 Å². The van der Waals surface area contributed by atoms with Crippen molar-refractivity contribution in [2.24, 2.45) is 0 Å². The second-order valence-corrected chi connectivity index (χ2v) is 7.93. The van der Waals surface area contributed by atoms with Gasteiger partial charge in [-0.15, -0.1) is 0 Å². The number of ether oxygens (including phenoxy) is 3. The molecule has 3 aliphatic heterocycles. The standard InChI is InChI=1S/C22H19NO9/c24-7-14-17(25)18(26)19(27)22(31-14)32-23-12-5-9-3-1-2-4-10(9)16-15(12)11(21(23)28)6-13-20(16)30-8-29-13/h1-6,14,17-19,22,24-27H,7-8H2. The predicted octanol–water partition coefficient (Wildman–Crippen LogP) is 0.413. The van der Waals surface area contributed by atoms with Crippen LogP contribution in [0.2, 0.25) is 0 Å². The van der Waals surface area contributed by atoms with Gasteiger partial charge in [0.1, 0.15) is 24.4 Å². The van der Waals surface area contributed by atoms with Crippen molar-refractivity contribution in [3.8, 4) is 11.5 Å². The van der Waals surface area contributed by atoms with Gasteiger partial charge in [0, 0.05) is 10.8 Å². The van der Waals surface area contributed by atoms with Crippen LogP contribution in [0.5, 0.6) is 11.5 Å². The molecule has 32 heavy (non-hydrogen) atoms. The van der Waals surface area contributed by atoms with Gasteiger partial charge >= 0.3 is 0 Å². The van der Waals surface area contributed by atoms with E-state index in [0.717, 1.165) is 15.8 Å². The maximum absolute atomic E-state index is 13.3. The van der Waals surface area contributed by atoms with Gasteiger partial charge in [-0.3, -0.25) is 4.79 Å². The van der Waals surface area contributed by atoms with E-state index in [-0.39, 0.29) is 6.79 Å². The molecule has 10 nitrogen and oxygen atoms in total. The summed E-state index contributed by atoms with van der Waals surface area (Å²) >= 11 is 0. The topological polar surface area (TPSA) is 138 Å². The van der Waals surface area contributed by atoms with E-state index in [0.29, 0.717) is 33.5 Å². The first-order valence-electron chi connectivity index (χ1n) is 10.1. The SMILES string of the molecule is O=C1c2cc3c(c4c2c(cc2ccccc24)N1OC1OC(CO)C(O)C(O)C1O)OCO3. The van der Waals surface area contributed by atoms with E-state index in [4.69, 9.17) is 19.0 Å². The highest BCUT2D eigenvalue weighted by molar-refractivity contribution is 6.30. The van der Waals surface area contributed by atoms with Crippen molar-refractivity contribution in [3.05, 3.63) is 42.0 Å². The number of aliphatic hydroxyl groups is 4. The van der Waals surface area contributed by atoms with Crippen LogP contribution in [-0.2, 0) is 9.57 Å². The summed E-state index contributed by atoms with van der Waals surface area (Å²) in [6.07, 6.45) is -7.50. The van der Waals surface area contributed by atoms with Gasteiger partial charge < -0.3 is 34.6 Å². The number of hydrogen-bond acceptors (Lipinski definition) is 9. The van der Waals surface area contributed by atoms with Crippen molar-refractivity contribution < 1.29 is 44.3 Å². The molecule has 10 heteroatoms. The van der Waals surface area contributed by atoms with Gasteiger partial charge in [0.05, 0.1) is 17.9 Å². The zero-order valence-corrected chi connectivity index (χ0v) is 16.5. The van der Waals surface area contributed by atoms with Gasteiger partial charge in [0.25, 0.3) is 5.91 Å². The maximum Gasteiger partial charge on any atom is 0.283 e. The van der Waals surface area contributed by atoms with Crippen molar-refractivity contribution in [2.75, 3.05) is 18.5 Å². The van der Waals surface area contributed by atoms with Crippen LogP contribution >= 0.6 is 0 Å². The molecular weight excluding hydrogens is 422 g/mol. The van der Waals surface area contributed by atoms with Crippen molar-refractivity contribution in [2.45, 2.75) is 30.7 Å². The first-order valence-corrected chi connectivity index (χ1v) is 10.1. The predicted molar refractivity (Wildman–Crippen MR) is 109 cm³/mol. The van der Waals surface area contributed by atoms with Crippen LogP contribution in [0.1, 0.15) is 10.4 Å². The molecule has 4 N–H and O–H groups in total. The highest BCUT2D eigenvalue weighted by atomic mass is 16.8. The molecular formula is C22H19NO9. The highest BCUT2D eigenvalue weighted by Gasteiger charge is 2.47. The quantitative estimate of drug-likeness (QED) is 0.426. The fourth-order valence-corrected chi connectivity index (χ4v) is 4.55. The summed E-state index contributed by atoms with van der Waals surface area (Å²) in [5.41, 5.74) is 0.739. The Balaban J connectivity index is 1.49. The van der Waals surface area contributed by atoms with E-state index < -0.39 is 43.2 Å². The van der Waals surface area contributed by atoms with E-state index >= 15 is 0 Å². The van der Waals surface area contributed by atoms with E-state index in [2.05, 4.69) is 0 Å². The second-order valence-electron chi connectivity index (χ2n) is 7.93. The molecule has 3 aromatic carbocycles. The summed E-state index contributed by atoms with van der Waals surface area (Å²) in [6, 6.07) is 10.9. The Morgan fingerprint density at radius 2 is 1.84 bits per heavy atom. The minimum atomic E-state index is -1.66. The van der Waals surface area contributed by atoms with Crippen molar-refractivity contribution in [1.29, 1.82) is 0 Å². The fraction of sp³-hybridized carbons (Fsp3) is 0.318. The van der Waals surface area contributed by atoms with Gasteiger partial charge in [0.15, 0.2) is 11.5 Å². The molecule has 0 aliphatic carbocycles. The minimum Gasteiger partial charge on any atom is -0.454 e. The normalized spacial score (nSPS) is 28.8. The summed E-state index contributed by atoms with van der Waals surface area (Å²) in [6.45, 7) is -0.563. The molecule has 0 spiro atoms. The Morgan fingerprint density at radius 1 is 1.03 bits per heavy atom. The summed E-state index contributed by atoms with van der Waals surface area (Å²) in [5, 5.41) is 43.9. The number of carbonyl (C=O) groups is 1. The molecule has 1 amide bonds. The van der Waals surface area contributed by atoms with Crippen LogP contribution in [0.4, 0.5) is 5.69 Å². The molecule has 0 radical (unpaired) electrons. The molecule has 5 unspecified atom stereocenters. The van der Waals surface area contributed by atoms with Gasteiger partial charge in [-0.05, 0) is 22.9 Å². The molecule has 5 atom stereocenters. The summed E-state index contributed by atoms with van der Waals surface area (Å²) in [4.78, 5) is 19.1. The van der Waals surface area contributed by atoms with Gasteiger partial charge in [0.2, 0.25) is 13.1 Å². The highest BCUT2D eigenvalue weighted by Crippen LogP contribution is 2.51. The van der Waals surface area contributed by atoms with E-state index in [1.54, 1.807) is 12.1 Å². The van der Waals surface area contributed by atoms with E-state index in [1.165, 1.54) is 0 Å². The third-order valence-electron chi connectivity index (χ3n) is 6.13. The Kier molecular flexibility index (Phi) is 4.31. The number of amides is 1. The van der Waals surface area contributed by atoms with Crippen LogP contribution in [-0.4, -0.2) is 70.4 Å². The number of fused-ring (bicyclic) bond motifs is 4. The number of carbonyl (C=O) groups excluding carboxylic acids is 1. The average molecular weight is 441 g/mol. The maximum atomic E-state index is 13.3. The van der Waals surface area contributed by atoms with Gasteiger partial charge in [-0.1, -0.05) is 24.3 Å². The van der Waals surface area contributed by atoms with Gasteiger partial charge in [-0.2, -0.15) is 5.06 Å².